The van der Waals surface area contributed by atoms with Crippen LogP contribution in [0.1, 0.15) is 19.4 Å². The highest BCUT2D eigenvalue weighted by Gasteiger charge is 2.32. The predicted octanol–water partition coefficient (Wildman–Crippen LogP) is 2.45. The monoisotopic (exact) mass is 307 g/mol. The van der Waals surface area contributed by atoms with Gasteiger partial charge in [-0.25, -0.2) is 13.0 Å². The topological polar surface area (TPSA) is 81.7 Å². The third-order valence-corrected chi connectivity index (χ3v) is 6.08. The Kier molecular flexibility index (Phi) is 5.29. The second-order valence-corrected chi connectivity index (χ2v) is 8.02. The van der Waals surface area contributed by atoms with E-state index >= 15 is 0 Å². The van der Waals surface area contributed by atoms with Gasteiger partial charge in [0.2, 0.25) is 10.0 Å². The molecule has 1 aromatic carbocycles. The van der Waals surface area contributed by atoms with Crippen molar-refractivity contribution in [3.05, 3.63) is 29.8 Å². The summed E-state index contributed by atoms with van der Waals surface area (Å²) >= 11 is 0. The molecule has 1 aromatic rings. The minimum atomic E-state index is -3.96. The van der Waals surface area contributed by atoms with E-state index in [1.165, 1.54) is 12.1 Å². The van der Waals surface area contributed by atoms with Gasteiger partial charge in [-0.15, -0.1) is 4.49 Å². The molecule has 1 atom stereocenters. The zero-order valence-electron chi connectivity index (χ0n) is 11.3. The number of nitrogens with one attached hydrogen (secondary N) is 1. The fourth-order valence-electron chi connectivity index (χ4n) is 1.30. The van der Waals surface area contributed by atoms with E-state index in [1.807, 2.05) is 11.4 Å². The van der Waals surface area contributed by atoms with E-state index in [1.54, 1.807) is 26.0 Å². The summed E-state index contributed by atoms with van der Waals surface area (Å²) in [6.45, 7) is 5.10. The van der Waals surface area contributed by atoms with Crippen molar-refractivity contribution in [1.82, 2.24) is 4.49 Å². The van der Waals surface area contributed by atoms with Gasteiger partial charge in [-0.3, -0.25) is 9.05 Å². The summed E-state index contributed by atoms with van der Waals surface area (Å²) in [5.74, 6) is 0. The largest absolute Gasteiger partial charge is 0.419 e. The molecule has 1 N–H and O–H groups in total. The van der Waals surface area contributed by atoms with E-state index in [2.05, 4.69) is 4.52 Å². The summed E-state index contributed by atoms with van der Waals surface area (Å²) in [6.07, 6.45) is -0.438. The van der Waals surface area contributed by atoms with Crippen molar-refractivity contribution in [3.63, 3.8) is 0 Å². The number of sulfonamides is 1. The van der Waals surface area contributed by atoms with Crippen LogP contribution in [0.4, 0.5) is 0 Å². The summed E-state index contributed by atoms with van der Waals surface area (Å²) in [7, 11) is -6.72. The molecule has 0 heterocycles. The normalized spacial score (nSPS) is 15.4. The first kappa shape index (κ1) is 16.3. The zero-order chi connectivity index (χ0) is 14.7. The van der Waals surface area contributed by atoms with Gasteiger partial charge in [0.05, 0.1) is 11.0 Å². The summed E-state index contributed by atoms with van der Waals surface area (Å²) in [4.78, 5) is 0.00253. The van der Waals surface area contributed by atoms with Crippen molar-refractivity contribution in [1.29, 1.82) is 0 Å². The molecule has 19 heavy (non-hydrogen) atoms. The fraction of sp³-hybridized carbons (Fsp3) is 0.455. The van der Waals surface area contributed by atoms with Crippen LogP contribution >= 0.6 is 7.75 Å². The Morgan fingerprint density at radius 3 is 2.16 bits per heavy atom. The lowest BCUT2D eigenvalue weighted by Gasteiger charge is -2.19. The highest BCUT2D eigenvalue weighted by atomic mass is 32.2. The van der Waals surface area contributed by atoms with E-state index in [4.69, 9.17) is 4.52 Å². The van der Waals surface area contributed by atoms with Crippen LogP contribution in [0.5, 0.6) is 0 Å². The number of benzene rings is 1. The zero-order valence-corrected chi connectivity index (χ0v) is 13.0. The summed E-state index contributed by atoms with van der Waals surface area (Å²) < 4.78 is 47.9. The second kappa shape index (κ2) is 6.15. The van der Waals surface area contributed by atoms with Crippen LogP contribution < -0.4 is 4.49 Å². The van der Waals surface area contributed by atoms with Crippen molar-refractivity contribution in [2.75, 3.05) is 7.11 Å². The van der Waals surface area contributed by atoms with Crippen LogP contribution in [-0.2, 0) is 23.6 Å². The molecule has 0 saturated heterocycles. The van der Waals surface area contributed by atoms with Gasteiger partial charge in [0.1, 0.15) is 0 Å². The first-order chi connectivity index (χ1) is 8.68. The molecule has 0 bridgehead atoms. The van der Waals surface area contributed by atoms with Gasteiger partial charge in [0.25, 0.3) is 0 Å². The molecule has 0 aliphatic heterocycles. The molecule has 0 aliphatic rings. The van der Waals surface area contributed by atoms with Crippen LogP contribution in [0.2, 0.25) is 0 Å². The highest BCUT2D eigenvalue weighted by molar-refractivity contribution is 7.94. The molecular weight excluding hydrogens is 289 g/mol. The summed E-state index contributed by atoms with van der Waals surface area (Å²) in [5.41, 5.74) is 0.923. The third-order valence-electron chi connectivity index (χ3n) is 2.15. The molecule has 0 spiro atoms. The summed E-state index contributed by atoms with van der Waals surface area (Å²) in [5, 5.41) is 0. The quantitative estimate of drug-likeness (QED) is 0.816. The maximum Gasteiger partial charge on any atom is 0.419 e. The summed E-state index contributed by atoms with van der Waals surface area (Å²) in [6, 6.07) is 6.14. The third kappa shape index (κ3) is 4.71. The average molecular weight is 307 g/mol. The minimum Gasteiger partial charge on any atom is -0.299 e. The Balaban J connectivity index is 3.01. The molecule has 0 radical (unpaired) electrons. The van der Waals surface area contributed by atoms with E-state index in [0.717, 1.165) is 12.7 Å². The Morgan fingerprint density at radius 1 is 1.21 bits per heavy atom. The fourth-order valence-corrected chi connectivity index (χ4v) is 4.50. The highest BCUT2D eigenvalue weighted by Crippen LogP contribution is 2.45. The Labute approximate surface area is 113 Å². The lowest BCUT2D eigenvalue weighted by atomic mass is 10.2. The molecular formula is C11H18NO5PS. The maximum atomic E-state index is 12.1. The lowest BCUT2D eigenvalue weighted by Crippen LogP contribution is -2.24. The second-order valence-electron chi connectivity index (χ2n) is 4.24. The number of rotatable bonds is 6. The van der Waals surface area contributed by atoms with Crippen molar-refractivity contribution in [2.24, 2.45) is 0 Å². The van der Waals surface area contributed by atoms with E-state index in [9.17, 15) is 13.0 Å². The Morgan fingerprint density at radius 2 is 1.74 bits per heavy atom. The first-order valence-electron chi connectivity index (χ1n) is 5.63. The number of hydrogen-bond acceptors (Lipinski definition) is 5. The van der Waals surface area contributed by atoms with Crippen molar-refractivity contribution in [2.45, 2.75) is 31.8 Å². The molecule has 0 aromatic heterocycles. The maximum absolute atomic E-state index is 12.1. The average Bonchev–Trinajstić information content (AvgIpc) is 2.27. The van der Waals surface area contributed by atoms with Crippen LogP contribution in [0, 0.1) is 6.92 Å². The van der Waals surface area contributed by atoms with Gasteiger partial charge in [-0.1, -0.05) is 17.7 Å². The molecule has 0 aliphatic carbocycles. The molecule has 6 nitrogen and oxygen atoms in total. The van der Waals surface area contributed by atoms with Crippen LogP contribution in [0.15, 0.2) is 29.2 Å². The van der Waals surface area contributed by atoms with Gasteiger partial charge in [-0.05, 0) is 32.9 Å². The van der Waals surface area contributed by atoms with Crippen LogP contribution in [0.25, 0.3) is 0 Å². The van der Waals surface area contributed by atoms with Gasteiger partial charge >= 0.3 is 7.75 Å². The first-order valence-corrected chi connectivity index (χ1v) is 8.66. The Hall–Kier alpha value is -0.720. The van der Waals surface area contributed by atoms with Gasteiger partial charge in [-0.2, -0.15) is 0 Å². The van der Waals surface area contributed by atoms with Crippen LogP contribution in [0.3, 0.4) is 0 Å². The van der Waals surface area contributed by atoms with Gasteiger partial charge < -0.3 is 0 Å². The Bertz CT molecular complexity index is 567. The minimum absolute atomic E-state index is 0.00253. The van der Waals surface area contributed by atoms with Crippen LogP contribution in [-0.4, -0.2) is 21.6 Å². The van der Waals surface area contributed by atoms with Gasteiger partial charge in [0.15, 0.2) is 0 Å². The number of aryl methyl sites for hydroxylation is 1. The number of hydrogen-bond donors (Lipinski definition) is 1. The molecule has 8 heteroatoms. The lowest BCUT2D eigenvalue weighted by molar-refractivity contribution is 0.185. The van der Waals surface area contributed by atoms with Crippen molar-refractivity contribution in [3.8, 4) is 0 Å². The van der Waals surface area contributed by atoms with E-state index < -0.39 is 23.9 Å². The molecule has 1 rings (SSSR count). The molecule has 1 unspecified atom stereocenters. The van der Waals surface area contributed by atoms with E-state index in [0.29, 0.717) is 0 Å². The van der Waals surface area contributed by atoms with Crippen molar-refractivity contribution < 1.29 is 22.0 Å². The molecule has 108 valence electrons. The van der Waals surface area contributed by atoms with E-state index in [-0.39, 0.29) is 4.90 Å². The van der Waals surface area contributed by atoms with Crippen molar-refractivity contribution >= 4 is 17.8 Å². The SMILES string of the molecule is COP(=O)(NS(=O)(=O)c1ccc(C)cc1)OC(C)C. The molecule has 0 fully saturated rings. The standard InChI is InChI=1S/C11H18NO5PS/c1-9(2)17-18(13,16-4)12-19(14,15)11-7-5-10(3)6-8-11/h5-9H,1-4H3,(H,12,13). The molecule has 0 amide bonds. The molecule has 0 saturated carbocycles. The predicted molar refractivity (Wildman–Crippen MR) is 72.3 cm³/mol. The van der Waals surface area contributed by atoms with Gasteiger partial charge in [0, 0.05) is 7.11 Å². The smallest absolute Gasteiger partial charge is 0.299 e.